The van der Waals surface area contributed by atoms with Crippen LogP contribution >= 0.6 is 23.2 Å². The number of alkyl halides is 2. The van der Waals surface area contributed by atoms with E-state index >= 15 is 0 Å². The molecule has 5 heteroatoms. The topological polar surface area (TPSA) is 26.3 Å². The number of rotatable bonds is 8. The fourth-order valence-electron chi connectivity index (χ4n) is 4.24. The smallest absolute Gasteiger partial charge is 0.192 e. The van der Waals surface area contributed by atoms with Crippen LogP contribution in [0.15, 0.2) is 0 Å². The van der Waals surface area contributed by atoms with E-state index in [1.165, 1.54) is 12.8 Å². The molecule has 2 saturated carbocycles. The van der Waals surface area contributed by atoms with Gasteiger partial charge in [-0.1, -0.05) is 63.7 Å². The number of ketones is 1. The standard InChI is InChI=1S/C20H36Cl2O2Si/c1-7-15(24-25(5,6)19(2,3)4)11-9-8-10-14-12-13-16-17(14)18(23)20(16,21)22/h14-17H,7-13H2,1-6H3. The van der Waals surface area contributed by atoms with Crippen LogP contribution in [0.5, 0.6) is 0 Å². The van der Waals surface area contributed by atoms with Crippen molar-refractivity contribution >= 4 is 37.3 Å². The number of unbranched alkanes of at least 4 members (excludes halogenated alkanes) is 1. The Hall–Kier alpha value is 0.427. The van der Waals surface area contributed by atoms with Crippen LogP contribution in [0, 0.1) is 17.8 Å². The van der Waals surface area contributed by atoms with Crippen molar-refractivity contribution in [3.8, 4) is 0 Å². The van der Waals surface area contributed by atoms with E-state index in [2.05, 4.69) is 40.8 Å². The van der Waals surface area contributed by atoms with Crippen molar-refractivity contribution in [1.82, 2.24) is 0 Å². The molecule has 2 aliphatic rings. The van der Waals surface area contributed by atoms with Gasteiger partial charge < -0.3 is 4.43 Å². The first-order valence-electron chi connectivity index (χ1n) is 10.0. The van der Waals surface area contributed by atoms with Crippen molar-refractivity contribution in [2.24, 2.45) is 17.8 Å². The molecule has 0 aromatic rings. The van der Waals surface area contributed by atoms with Gasteiger partial charge in [0.25, 0.3) is 0 Å². The summed E-state index contributed by atoms with van der Waals surface area (Å²) < 4.78 is 5.49. The number of carbonyl (C=O) groups excluding carboxylic acids is 1. The van der Waals surface area contributed by atoms with E-state index in [1.54, 1.807) is 0 Å². The Kier molecular flexibility index (Phi) is 6.79. The second-order valence-corrected chi connectivity index (χ2v) is 15.8. The fourth-order valence-corrected chi connectivity index (χ4v) is 6.45. The Labute approximate surface area is 165 Å². The Balaban J connectivity index is 1.73. The van der Waals surface area contributed by atoms with Crippen molar-refractivity contribution in [2.75, 3.05) is 0 Å². The molecule has 4 unspecified atom stereocenters. The number of halogens is 2. The van der Waals surface area contributed by atoms with E-state index in [1.807, 2.05) is 0 Å². The van der Waals surface area contributed by atoms with Crippen molar-refractivity contribution < 1.29 is 9.22 Å². The molecule has 0 bridgehead atoms. The predicted octanol–water partition coefficient (Wildman–Crippen LogP) is 6.75. The molecule has 4 atom stereocenters. The minimum Gasteiger partial charge on any atom is -0.414 e. The van der Waals surface area contributed by atoms with Crippen molar-refractivity contribution in [3.63, 3.8) is 0 Å². The van der Waals surface area contributed by atoms with Gasteiger partial charge in [0, 0.05) is 17.9 Å². The van der Waals surface area contributed by atoms with Crippen LogP contribution in [0.2, 0.25) is 18.1 Å². The highest BCUT2D eigenvalue weighted by molar-refractivity contribution is 6.74. The van der Waals surface area contributed by atoms with Crippen LogP contribution in [-0.4, -0.2) is 24.5 Å². The second kappa shape index (κ2) is 7.81. The summed E-state index contributed by atoms with van der Waals surface area (Å²) in [6.07, 6.45) is 8.21. The average molecular weight is 407 g/mol. The highest BCUT2D eigenvalue weighted by Crippen LogP contribution is 2.59. The lowest BCUT2D eigenvalue weighted by molar-refractivity contribution is -0.135. The average Bonchev–Trinajstić information content (AvgIpc) is 2.90. The normalized spacial score (nSPS) is 30.1. The zero-order chi connectivity index (χ0) is 19.0. The van der Waals surface area contributed by atoms with E-state index in [-0.39, 0.29) is 22.7 Å². The molecule has 146 valence electrons. The third-order valence-corrected chi connectivity index (χ3v) is 12.4. The number of hydrogen-bond donors (Lipinski definition) is 0. The SMILES string of the molecule is CCC(CCCCC1CCC2C1C(=O)C2(Cl)Cl)O[Si](C)(C)C(C)(C)C. The lowest BCUT2D eigenvalue weighted by atomic mass is 9.69. The summed E-state index contributed by atoms with van der Waals surface area (Å²) >= 11 is 12.3. The monoisotopic (exact) mass is 406 g/mol. The molecule has 2 fully saturated rings. The van der Waals surface area contributed by atoms with Crippen molar-refractivity contribution in [1.29, 1.82) is 0 Å². The zero-order valence-corrected chi connectivity index (χ0v) is 19.3. The van der Waals surface area contributed by atoms with Gasteiger partial charge in [-0.3, -0.25) is 4.79 Å². The van der Waals surface area contributed by atoms with Gasteiger partial charge in [-0.25, -0.2) is 0 Å². The lowest BCUT2D eigenvalue weighted by Gasteiger charge is -2.43. The zero-order valence-electron chi connectivity index (χ0n) is 16.8. The maximum Gasteiger partial charge on any atom is 0.192 e. The molecule has 2 aliphatic carbocycles. The summed E-state index contributed by atoms with van der Waals surface area (Å²) in [5, 5.41) is 0.263. The van der Waals surface area contributed by atoms with Gasteiger partial charge in [0.05, 0.1) is 0 Å². The van der Waals surface area contributed by atoms with E-state index < -0.39 is 12.7 Å². The van der Waals surface area contributed by atoms with Crippen LogP contribution in [0.1, 0.15) is 72.6 Å². The first kappa shape index (κ1) is 21.7. The Morgan fingerprint density at radius 3 is 2.44 bits per heavy atom. The molecule has 2 nitrogen and oxygen atoms in total. The van der Waals surface area contributed by atoms with Crippen molar-refractivity contribution in [2.45, 2.75) is 101 Å². The van der Waals surface area contributed by atoms with Crippen LogP contribution in [0.3, 0.4) is 0 Å². The molecular weight excluding hydrogens is 371 g/mol. The van der Waals surface area contributed by atoms with Gasteiger partial charge in [0.15, 0.2) is 18.4 Å². The summed E-state index contributed by atoms with van der Waals surface area (Å²) in [7, 11) is -1.68. The van der Waals surface area contributed by atoms with Crippen molar-refractivity contribution in [3.05, 3.63) is 0 Å². The summed E-state index contributed by atoms with van der Waals surface area (Å²) in [6.45, 7) is 13.8. The molecule has 0 aromatic heterocycles. The maximum absolute atomic E-state index is 12.1. The molecule has 0 heterocycles. The first-order valence-corrected chi connectivity index (χ1v) is 13.7. The number of fused-ring (bicyclic) bond motifs is 1. The minimum absolute atomic E-state index is 0.0797. The molecule has 0 radical (unpaired) electrons. The molecule has 25 heavy (non-hydrogen) atoms. The van der Waals surface area contributed by atoms with Gasteiger partial charge in [-0.05, 0) is 56.2 Å². The number of hydrogen-bond acceptors (Lipinski definition) is 2. The highest BCUT2D eigenvalue weighted by atomic mass is 35.5. The highest BCUT2D eigenvalue weighted by Gasteiger charge is 2.64. The summed E-state index contributed by atoms with van der Waals surface area (Å²) in [5.74, 6) is 0.930. The van der Waals surface area contributed by atoms with Gasteiger partial charge in [0.1, 0.15) is 0 Å². The predicted molar refractivity (Wildman–Crippen MR) is 110 cm³/mol. The lowest BCUT2D eigenvalue weighted by Crippen LogP contribution is -2.55. The largest absolute Gasteiger partial charge is 0.414 e. The molecule has 0 N–H and O–H groups in total. The van der Waals surface area contributed by atoms with Crippen LogP contribution in [0.4, 0.5) is 0 Å². The Bertz CT molecular complexity index is 485. The molecule has 0 aromatic carbocycles. The molecule has 2 rings (SSSR count). The molecule has 0 saturated heterocycles. The third kappa shape index (κ3) is 4.47. The molecule has 0 spiro atoms. The number of Topliss-reactive ketones (excluding diaryl/α,β-unsaturated/α-hetero) is 1. The maximum atomic E-state index is 12.1. The summed E-state index contributed by atoms with van der Waals surface area (Å²) in [5.41, 5.74) is 0. The third-order valence-electron chi connectivity index (χ3n) is 6.96. The van der Waals surface area contributed by atoms with Crippen LogP contribution in [0.25, 0.3) is 0 Å². The van der Waals surface area contributed by atoms with E-state index in [4.69, 9.17) is 27.6 Å². The van der Waals surface area contributed by atoms with E-state index in [0.717, 1.165) is 32.1 Å². The summed E-state index contributed by atoms with van der Waals surface area (Å²) in [4.78, 5) is 12.1. The van der Waals surface area contributed by atoms with Gasteiger partial charge >= 0.3 is 0 Å². The van der Waals surface area contributed by atoms with E-state index in [0.29, 0.717) is 12.0 Å². The molecule has 0 aliphatic heterocycles. The van der Waals surface area contributed by atoms with Crippen LogP contribution < -0.4 is 0 Å². The molecular formula is C20H36Cl2O2Si. The fraction of sp³-hybridized carbons (Fsp3) is 0.950. The second-order valence-electron chi connectivity index (χ2n) is 9.65. The summed E-state index contributed by atoms with van der Waals surface area (Å²) in [6, 6.07) is 0. The Morgan fingerprint density at radius 1 is 1.24 bits per heavy atom. The van der Waals surface area contributed by atoms with Gasteiger partial charge in [0.2, 0.25) is 0 Å². The molecule has 0 amide bonds. The Morgan fingerprint density at radius 2 is 1.88 bits per heavy atom. The quantitative estimate of drug-likeness (QED) is 0.253. The van der Waals surface area contributed by atoms with E-state index in [9.17, 15) is 4.79 Å². The van der Waals surface area contributed by atoms with Gasteiger partial charge in [-0.2, -0.15) is 0 Å². The van der Waals surface area contributed by atoms with Crippen LogP contribution in [-0.2, 0) is 9.22 Å². The van der Waals surface area contributed by atoms with Gasteiger partial charge in [-0.15, -0.1) is 0 Å². The number of carbonyl (C=O) groups is 1. The minimum atomic E-state index is -1.68. The first-order chi connectivity index (χ1) is 11.4.